The lowest BCUT2D eigenvalue weighted by atomic mass is 9.84. The van der Waals surface area contributed by atoms with Gasteiger partial charge in [0.05, 0.1) is 23.6 Å². The molecule has 6 nitrogen and oxygen atoms in total. The van der Waals surface area contributed by atoms with Crippen molar-refractivity contribution in [2.75, 3.05) is 11.9 Å². The molecule has 1 N–H and O–H groups in total. The Balaban J connectivity index is 1.28. The van der Waals surface area contributed by atoms with E-state index < -0.39 is 0 Å². The van der Waals surface area contributed by atoms with Gasteiger partial charge in [-0.1, -0.05) is 54.8 Å². The predicted octanol–water partition coefficient (Wildman–Crippen LogP) is 7.16. The van der Waals surface area contributed by atoms with Crippen LogP contribution in [0.4, 0.5) is 11.6 Å². The molecular formula is C29H32N4O2. The molecule has 0 spiro atoms. The summed E-state index contributed by atoms with van der Waals surface area (Å²) in [7, 11) is 0. The van der Waals surface area contributed by atoms with Crippen LogP contribution < -0.4 is 10.1 Å². The molecule has 180 valence electrons. The first kappa shape index (κ1) is 23.1. The second-order valence-corrected chi connectivity index (χ2v) is 9.29. The molecule has 0 atom stereocenters. The molecule has 2 aromatic heterocycles. The number of benzene rings is 2. The maximum Gasteiger partial charge on any atom is 0.227 e. The standard InChI is InChI=1S/C29H32N4O2/c1-20-19-30-29(32-27(20)26-21(2)35-33-28(26)23-9-5-3-6-10-23)31-24-15-13-22(14-16-24)17-18-34-25-11-7-4-8-12-25/h4,7-8,11-16,19,23H,3,5-6,9-10,17-18H2,1-2H3,(H,30,31,32). The van der Waals surface area contributed by atoms with E-state index in [1.807, 2.05) is 50.4 Å². The van der Waals surface area contributed by atoms with Gasteiger partial charge in [-0.3, -0.25) is 0 Å². The van der Waals surface area contributed by atoms with E-state index in [0.29, 0.717) is 18.5 Å². The van der Waals surface area contributed by atoms with Crippen LogP contribution in [0.1, 0.15) is 60.6 Å². The molecule has 4 aromatic rings. The molecule has 0 amide bonds. The number of aryl methyl sites for hydroxylation is 2. The van der Waals surface area contributed by atoms with Gasteiger partial charge in [-0.15, -0.1) is 0 Å². The van der Waals surface area contributed by atoms with E-state index >= 15 is 0 Å². The van der Waals surface area contributed by atoms with Gasteiger partial charge in [-0.2, -0.15) is 0 Å². The fourth-order valence-electron chi connectivity index (χ4n) is 4.77. The van der Waals surface area contributed by atoms with Crippen LogP contribution in [0.5, 0.6) is 5.75 Å². The van der Waals surface area contributed by atoms with Crippen LogP contribution in [0.2, 0.25) is 0 Å². The predicted molar refractivity (Wildman–Crippen MR) is 138 cm³/mol. The van der Waals surface area contributed by atoms with E-state index in [1.54, 1.807) is 0 Å². The van der Waals surface area contributed by atoms with Crippen LogP contribution >= 0.6 is 0 Å². The van der Waals surface area contributed by atoms with Crippen LogP contribution in [0, 0.1) is 13.8 Å². The third-order valence-electron chi connectivity index (χ3n) is 6.70. The number of ether oxygens (including phenoxy) is 1. The highest BCUT2D eigenvalue weighted by molar-refractivity contribution is 5.69. The molecule has 0 radical (unpaired) electrons. The summed E-state index contributed by atoms with van der Waals surface area (Å²) in [6.07, 6.45) is 8.85. The number of hydrogen-bond acceptors (Lipinski definition) is 6. The minimum Gasteiger partial charge on any atom is -0.493 e. The molecule has 1 aliphatic rings. The Kier molecular flexibility index (Phi) is 7.07. The van der Waals surface area contributed by atoms with Crippen molar-refractivity contribution in [2.45, 2.75) is 58.3 Å². The van der Waals surface area contributed by atoms with Gasteiger partial charge in [0, 0.05) is 24.2 Å². The van der Waals surface area contributed by atoms with Crippen molar-refractivity contribution >= 4 is 11.6 Å². The van der Waals surface area contributed by atoms with Crippen LogP contribution in [0.25, 0.3) is 11.3 Å². The van der Waals surface area contributed by atoms with E-state index in [9.17, 15) is 0 Å². The zero-order valence-electron chi connectivity index (χ0n) is 20.5. The first-order valence-corrected chi connectivity index (χ1v) is 12.5. The number of nitrogens with zero attached hydrogens (tertiary/aromatic N) is 3. The van der Waals surface area contributed by atoms with E-state index in [4.69, 9.17) is 14.2 Å². The first-order valence-electron chi connectivity index (χ1n) is 12.5. The average Bonchev–Trinajstić information content (AvgIpc) is 3.28. The second kappa shape index (κ2) is 10.7. The fraction of sp³-hybridized carbons (Fsp3) is 0.345. The Morgan fingerprint density at radius 1 is 0.971 bits per heavy atom. The van der Waals surface area contributed by atoms with E-state index in [0.717, 1.165) is 59.0 Å². The summed E-state index contributed by atoms with van der Waals surface area (Å²) >= 11 is 0. The number of aromatic nitrogens is 3. The van der Waals surface area contributed by atoms with Gasteiger partial charge < -0.3 is 14.6 Å². The number of nitrogens with one attached hydrogen (secondary N) is 1. The van der Waals surface area contributed by atoms with Gasteiger partial charge in [0.25, 0.3) is 0 Å². The molecule has 1 saturated carbocycles. The van der Waals surface area contributed by atoms with E-state index in [2.05, 4.69) is 39.7 Å². The van der Waals surface area contributed by atoms with Crippen molar-refractivity contribution in [2.24, 2.45) is 0 Å². The van der Waals surface area contributed by atoms with Crippen molar-refractivity contribution in [3.63, 3.8) is 0 Å². The highest BCUT2D eigenvalue weighted by atomic mass is 16.5. The van der Waals surface area contributed by atoms with Gasteiger partial charge in [-0.25, -0.2) is 9.97 Å². The summed E-state index contributed by atoms with van der Waals surface area (Å²) in [5, 5.41) is 7.81. The Morgan fingerprint density at radius 2 is 1.74 bits per heavy atom. The van der Waals surface area contributed by atoms with E-state index in [-0.39, 0.29) is 0 Å². The SMILES string of the molecule is Cc1cnc(Nc2ccc(CCOc3ccccc3)cc2)nc1-c1c(C2CCCCC2)noc1C. The molecule has 1 fully saturated rings. The molecule has 0 bridgehead atoms. The normalized spacial score (nSPS) is 14.1. The maximum absolute atomic E-state index is 5.81. The van der Waals surface area contributed by atoms with Gasteiger partial charge in [0.2, 0.25) is 5.95 Å². The molecule has 0 unspecified atom stereocenters. The summed E-state index contributed by atoms with van der Waals surface area (Å²) in [5.41, 5.74) is 6.17. The van der Waals surface area contributed by atoms with Crippen molar-refractivity contribution in [3.8, 4) is 17.0 Å². The molecule has 35 heavy (non-hydrogen) atoms. The van der Waals surface area contributed by atoms with Gasteiger partial charge >= 0.3 is 0 Å². The summed E-state index contributed by atoms with van der Waals surface area (Å²) in [4.78, 5) is 9.42. The van der Waals surface area contributed by atoms with Crippen molar-refractivity contribution in [1.29, 1.82) is 0 Å². The monoisotopic (exact) mass is 468 g/mol. The highest BCUT2D eigenvalue weighted by Crippen LogP contribution is 2.39. The molecule has 0 saturated heterocycles. The minimum atomic E-state index is 0.445. The van der Waals surface area contributed by atoms with Crippen LogP contribution in [0.15, 0.2) is 65.3 Å². The third kappa shape index (κ3) is 5.53. The lowest BCUT2D eigenvalue weighted by Crippen LogP contribution is -2.07. The molecule has 2 aromatic carbocycles. The Hall–Kier alpha value is -3.67. The second-order valence-electron chi connectivity index (χ2n) is 9.29. The lowest BCUT2D eigenvalue weighted by molar-refractivity contribution is 0.322. The number of para-hydroxylation sites is 1. The minimum absolute atomic E-state index is 0.445. The third-order valence-corrected chi connectivity index (χ3v) is 6.70. The summed E-state index contributed by atoms with van der Waals surface area (Å²) in [6.45, 7) is 4.66. The highest BCUT2D eigenvalue weighted by Gasteiger charge is 2.26. The van der Waals surface area contributed by atoms with Crippen LogP contribution in [-0.4, -0.2) is 21.7 Å². The zero-order chi connectivity index (χ0) is 24.0. The number of anilines is 2. The quantitative estimate of drug-likeness (QED) is 0.296. The molecular weight excluding hydrogens is 436 g/mol. The summed E-state index contributed by atoms with van der Waals surface area (Å²) < 4.78 is 11.5. The average molecular weight is 469 g/mol. The van der Waals surface area contributed by atoms with Gasteiger partial charge in [0.15, 0.2) is 0 Å². The summed E-state index contributed by atoms with van der Waals surface area (Å²) in [6, 6.07) is 18.2. The lowest BCUT2D eigenvalue weighted by Gasteiger charge is -2.20. The number of rotatable bonds is 8. The Morgan fingerprint density at radius 3 is 2.51 bits per heavy atom. The molecule has 2 heterocycles. The molecule has 6 heteroatoms. The zero-order valence-corrected chi connectivity index (χ0v) is 20.5. The van der Waals surface area contributed by atoms with Crippen molar-refractivity contribution < 1.29 is 9.26 Å². The molecule has 0 aliphatic heterocycles. The Labute approximate surface area is 206 Å². The smallest absolute Gasteiger partial charge is 0.227 e. The van der Waals surface area contributed by atoms with Crippen LogP contribution in [0.3, 0.4) is 0 Å². The van der Waals surface area contributed by atoms with Crippen molar-refractivity contribution in [1.82, 2.24) is 15.1 Å². The van der Waals surface area contributed by atoms with Crippen LogP contribution in [-0.2, 0) is 6.42 Å². The largest absolute Gasteiger partial charge is 0.493 e. The van der Waals surface area contributed by atoms with Gasteiger partial charge in [0.1, 0.15) is 11.5 Å². The topological polar surface area (TPSA) is 73.1 Å². The van der Waals surface area contributed by atoms with E-state index in [1.165, 1.54) is 24.8 Å². The fourth-order valence-corrected chi connectivity index (χ4v) is 4.77. The molecule has 1 aliphatic carbocycles. The first-order chi connectivity index (χ1) is 17.2. The Bertz CT molecular complexity index is 1250. The molecule has 5 rings (SSSR count). The van der Waals surface area contributed by atoms with Gasteiger partial charge in [-0.05, 0) is 62.1 Å². The summed E-state index contributed by atoms with van der Waals surface area (Å²) in [5.74, 6) is 2.73. The maximum atomic E-state index is 5.81. The number of hydrogen-bond donors (Lipinski definition) is 1. The van der Waals surface area contributed by atoms with Crippen molar-refractivity contribution in [3.05, 3.63) is 83.4 Å².